The molecule has 0 aliphatic carbocycles. The van der Waals surface area contributed by atoms with Crippen LogP contribution in [0.5, 0.6) is 5.75 Å². The zero-order valence-electron chi connectivity index (χ0n) is 16.2. The Morgan fingerprint density at radius 3 is 2.77 bits per heavy atom. The summed E-state index contributed by atoms with van der Waals surface area (Å²) in [5.41, 5.74) is 3.38. The van der Waals surface area contributed by atoms with Gasteiger partial charge >= 0.3 is 0 Å². The summed E-state index contributed by atoms with van der Waals surface area (Å²) in [5, 5.41) is 0. The van der Waals surface area contributed by atoms with Gasteiger partial charge in [-0.3, -0.25) is 4.99 Å². The van der Waals surface area contributed by atoms with Crippen molar-refractivity contribution in [1.82, 2.24) is 0 Å². The molecule has 1 aliphatic rings. The molecule has 2 aromatic carbocycles. The molecule has 1 heterocycles. The van der Waals surface area contributed by atoms with Crippen molar-refractivity contribution in [2.24, 2.45) is 4.99 Å². The first-order valence-electron chi connectivity index (χ1n) is 9.16. The highest BCUT2D eigenvalue weighted by molar-refractivity contribution is 5.85. The third-order valence-corrected chi connectivity index (χ3v) is 5.26. The Morgan fingerprint density at radius 2 is 2.04 bits per heavy atom. The topological polar surface area (TPSA) is 24.8 Å². The molecule has 138 valence electrons. The van der Waals surface area contributed by atoms with Crippen LogP contribution in [-0.4, -0.2) is 25.4 Å². The predicted octanol–water partition coefficient (Wildman–Crippen LogP) is 5.70. The van der Waals surface area contributed by atoms with E-state index >= 15 is 0 Å². The number of fused-ring (bicyclic) bond motifs is 1. The normalized spacial score (nSPS) is 18.8. The van der Waals surface area contributed by atoms with Crippen LogP contribution in [-0.2, 0) is 0 Å². The first-order chi connectivity index (χ1) is 12.3. The first-order valence-corrected chi connectivity index (χ1v) is 9.16. The number of benzene rings is 2. The lowest BCUT2D eigenvalue weighted by atomic mass is 9.80. The Balaban J connectivity index is 1.97. The molecule has 2 aromatic rings. The fourth-order valence-electron chi connectivity index (χ4n) is 3.68. The summed E-state index contributed by atoms with van der Waals surface area (Å²) in [6.07, 6.45) is 2.63. The van der Waals surface area contributed by atoms with E-state index in [-0.39, 0.29) is 11.4 Å². The second-order valence-electron chi connectivity index (χ2n) is 7.57. The highest BCUT2D eigenvalue weighted by Crippen LogP contribution is 2.43. The van der Waals surface area contributed by atoms with Crippen molar-refractivity contribution in [2.45, 2.75) is 45.6 Å². The summed E-state index contributed by atoms with van der Waals surface area (Å²) in [7, 11) is 2.04. The molecular weight excluding hydrogens is 327 g/mol. The van der Waals surface area contributed by atoms with Gasteiger partial charge in [-0.2, -0.15) is 0 Å². The van der Waals surface area contributed by atoms with Gasteiger partial charge in [0.05, 0.1) is 6.61 Å². The number of anilines is 1. The van der Waals surface area contributed by atoms with E-state index in [1.165, 1.54) is 5.56 Å². The molecule has 3 rings (SSSR count). The van der Waals surface area contributed by atoms with Crippen molar-refractivity contribution in [3.05, 3.63) is 53.3 Å². The van der Waals surface area contributed by atoms with E-state index in [1.807, 2.05) is 44.3 Å². The fraction of sp³-hybridized carbons (Fsp3) is 0.409. The quantitative estimate of drug-likeness (QED) is 0.658. The first kappa shape index (κ1) is 18.4. The fourth-order valence-corrected chi connectivity index (χ4v) is 3.68. The average molecular weight is 354 g/mol. The summed E-state index contributed by atoms with van der Waals surface area (Å²) in [6.45, 7) is 9.11. The summed E-state index contributed by atoms with van der Waals surface area (Å²) in [4.78, 5) is 6.65. The Morgan fingerprint density at radius 1 is 1.31 bits per heavy atom. The van der Waals surface area contributed by atoms with Gasteiger partial charge in [0, 0.05) is 30.1 Å². The number of para-hydroxylation sites is 2. The highest BCUT2D eigenvalue weighted by atomic mass is 19.1. The van der Waals surface area contributed by atoms with Crippen LogP contribution in [0, 0.1) is 5.82 Å². The zero-order chi connectivity index (χ0) is 18.9. The maximum absolute atomic E-state index is 14.7. The lowest BCUT2D eigenvalue weighted by Crippen LogP contribution is -2.45. The van der Waals surface area contributed by atoms with Gasteiger partial charge in [-0.05, 0) is 62.9 Å². The smallest absolute Gasteiger partial charge is 0.144 e. The Labute approximate surface area is 155 Å². The van der Waals surface area contributed by atoms with Gasteiger partial charge in [0.1, 0.15) is 17.3 Å². The van der Waals surface area contributed by atoms with Crippen molar-refractivity contribution in [3.8, 4) is 5.75 Å². The maximum Gasteiger partial charge on any atom is 0.144 e. The molecule has 3 nitrogen and oxygen atoms in total. The van der Waals surface area contributed by atoms with Crippen molar-refractivity contribution < 1.29 is 9.13 Å². The van der Waals surface area contributed by atoms with Gasteiger partial charge in [0.2, 0.25) is 0 Å². The largest absolute Gasteiger partial charge is 0.492 e. The van der Waals surface area contributed by atoms with Crippen LogP contribution in [0.4, 0.5) is 15.8 Å². The molecule has 0 spiro atoms. The number of hydrogen-bond donors (Lipinski definition) is 0. The maximum atomic E-state index is 14.7. The second-order valence-corrected chi connectivity index (χ2v) is 7.57. The summed E-state index contributed by atoms with van der Waals surface area (Å²) in [6, 6.07) is 11.1. The van der Waals surface area contributed by atoms with Gasteiger partial charge in [-0.15, -0.1) is 0 Å². The molecule has 26 heavy (non-hydrogen) atoms. The molecule has 0 bridgehead atoms. The lowest BCUT2D eigenvalue weighted by molar-refractivity contribution is 0.341. The molecule has 4 heteroatoms. The van der Waals surface area contributed by atoms with Crippen molar-refractivity contribution >= 4 is 17.6 Å². The van der Waals surface area contributed by atoms with Crippen molar-refractivity contribution in [3.63, 3.8) is 0 Å². The molecule has 0 N–H and O–H groups in total. The molecule has 1 atom stereocenters. The molecule has 0 radical (unpaired) electrons. The van der Waals surface area contributed by atoms with Crippen LogP contribution in [0.3, 0.4) is 0 Å². The molecule has 0 fully saturated rings. The van der Waals surface area contributed by atoms with E-state index in [0.29, 0.717) is 29.5 Å². The number of aliphatic imine (C=N–C) groups is 1. The van der Waals surface area contributed by atoms with Crippen LogP contribution in [0.2, 0.25) is 0 Å². The van der Waals surface area contributed by atoms with Crippen LogP contribution < -0.4 is 9.64 Å². The number of rotatable bonds is 4. The minimum Gasteiger partial charge on any atom is -0.492 e. The third kappa shape index (κ3) is 3.46. The Hall–Kier alpha value is -2.36. The summed E-state index contributed by atoms with van der Waals surface area (Å²) < 4.78 is 20.3. The zero-order valence-corrected chi connectivity index (χ0v) is 16.2. The number of halogens is 1. The van der Waals surface area contributed by atoms with Gasteiger partial charge in [0.25, 0.3) is 0 Å². The van der Waals surface area contributed by atoms with Gasteiger partial charge in [0.15, 0.2) is 0 Å². The molecule has 1 unspecified atom stereocenters. The average Bonchev–Trinajstić information content (AvgIpc) is 2.59. The third-order valence-electron chi connectivity index (χ3n) is 5.26. The van der Waals surface area contributed by atoms with E-state index < -0.39 is 0 Å². The van der Waals surface area contributed by atoms with E-state index in [0.717, 1.165) is 12.1 Å². The minimum absolute atomic E-state index is 0.0187. The van der Waals surface area contributed by atoms with Gasteiger partial charge < -0.3 is 9.64 Å². The molecular formula is C22H27FN2O. The molecule has 0 saturated heterocycles. The van der Waals surface area contributed by atoms with E-state index in [9.17, 15) is 4.39 Å². The van der Waals surface area contributed by atoms with Crippen molar-refractivity contribution in [1.29, 1.82) is 0 Å². The summed E-state index contributed by atoms with van der Waals surface area (Å²) in [5.74, 6) is 0.831. The second kappa shape index (κ2) is 7.10. The summed E-state index contributed by atoms with van der Waals surface area (Å²) >= 11 is 0. The SMILES string of the molecule is CCOc1ccccc1N=Cc1cc2c(cc1F)N(C)C(C)(C)CC2C. The number of ether oxygens (including phenoxy) is 1. The van der Waals surface area contributed by atoms with Crippen LogP contribution >= 0.6 is 0 Å². The molecule has 1 aliphatic heterocycles. The molecule has 0 aromatic heterocycles. The number of nitrogens with zero attached hydrogens (tertiary/aromatic N) is 2. The number of hydrogen-bond acceptors (Lipinski definition) is 3. The van der Waals surface area contributed by atoms with Crippen LogP contribution in [0.25, 0.3) is 0 Å². The van der Waals surface area contributed by atoms with E-state index in [2.05, 4.69) is 30.7 Å². The lowest BCUT2D eigenvalue weighted by Gasteiger charge is -2.45. The van der Waals surface area contributed by atoms with Gasteiger partial charge in [-0.25, -0.2) is 4.39 Å². The highest BCUT2D eigenvalue weighted by Gasteiger charge is 2.34. The molecule has 0 amide bonds. The predicted molar refractivity (Wildman–Crippen MR) is 107 cm³/mol. The molecule has 0 saturated carbocycles. The monoisotopic (exact) mass is 354 g/mol. The standard InChI is InChI=1S/C22H27FN2O/c1-6-26-21-10-8-7-9-19(21)24-14-16-11-17-15(2)13-22(3,4)25(5)20(17)12-18(16)23/h7-12,14-15H,6,13H2,1-5H3. The van der Waals surface area contributed by atoms with Crippen LogP contribution in [0.1, 0.15) is 51.2 Å². The van der Waals surface area contributed by atoms with Crippen LogP contribution in [0.15, 0.2) is 41.4 Å². The van der Waals surface area contributed by atoms with Crippen molar-refractivity contribution in [2.75, 3.05) is 18.6 Å². The van der Waals surface area contributed by atoms with E-state index in [1.54, 1.807) is 12.3 Å². The minimum atomic E-state index is -0.252. The Kier molecular flexibility index (Phi) is 5.03. The van der Waals surface area contributed by atoms with Gasteiger partial charge in [-0.1, -0.05) is 19.1 Å². The Bertz CT molecular complexity index is 829. The van der Waals surface area contributed by atoms with E-state index in [4.69, 9.17) is 4.74 Å².